The molecule has 0 radical (unpaired) electrons. The van der Waals surface area contributed by atoms with Crippen molar-refractivity contribution in [3.05, 3.63) is 18.0 Å². The molecule has 1 fully saturated rings. The van der Waals surface area contributed by atoms with Crippen LogP contribution >= 0.6 is 0 Å². The molecule has 2 N–H and O–H groups in total. The van der Waals surface area contributed by atoms with E-state index in [1.54, 1.807) is 0 Å². The molecule has 0 aliphatic carbocycles. The summed E-state index contributed by atoms with van der Waals surface area (Å²) in [7, 11) is 0. The molecule has 0 aromatic carbocycles. The molecule has 82 valence electrons. The van der Waals surface area contributed by atoms with Crippen LogP contribution in [-0.2, 0) is 6.42 Å². The van der Waals surface area contributed by atoms with Gasteiger partial charge in [0.1, 0.15) is 0 Å². The van der Waals surface area contributed by atoms with Crippen LogP contribution in [0.15, 0.2) is 12.4 Å². The highest BCUT2D eigenvalue weighted by molar-refractivity contribution is 5.31. The van der Waals surface area contributed by atoms with E-state index >= 15 is 0 Å². The molecule has 0 spiro atoms. The lowest BCUT2D eigenvalue weighted by Gasteiger charge is -2.14. The highest BCUT2D eigenvalue weighted by atomic mass is 15.3. The second-order valence-corrected chi connectivity index (χ2v) is 4.27. The molecule has 2 rings (SSSR count). The Kier molecular flexibility index (Phi) is 3.16. The molecule has 0 amide bonds. The number of nitrogens with zero attached hydrogens (tertiary/aromatic N) is 3. The number of aromatic nitrogens is 2. The Hall–Kier alpha value is -1.16. The maximum absolute atomic E-state index is 5.72. The standard InChI is InChI=1S/C11H18N4/c1-9(12)6-10-7-13-11(14-8-10)15-4-2-3-5-15/h7-9H,2-6,12H2,1H3. The molecule has 15 heavy (non-hydrogen) atoms. The summed E-state index contributed by atoms with van der Waals surface area (Å²) in [6.07, 6.45) is 7.14. The van der Waals surface area contributed by atoms with Crippen LogP contribution in [0, 0.1) is 0 Å². The zero-order valence-electron chi connectivity index (χ0n) is 9.19. The van der Waals surface area contributed by atoms with Crippen molar-refractivity contribution in [1.82, 2.24) is 9.97 Å². The largest absolute Gasteiger partial charge is 0.341 e. The summed E-state index contributed by atoms with van der Waals surface area (Å²) in [5.41, 5.74) is 6.84. The summed E-state index contributed by atoms with van der Waals surface area (Å²) in [4.78, 5) is 11.0. The van der Waals surface area contributed by atoms with E-state index in [-0.39, 0.29) is 6.04 Å². The Morgan fingerprint density at radius 3 is 2.47 bits per heavy atom. The van der Waals surface area contributed by atoms with Crippen LogP contribution in [0.25, 0.3) is 0 Å². The van der Waals surface area contributed by atoms with Crippen molar-refractivity contribution in [2.45, 2.75) is 32.2 Å². The molecule has 0 bridgehead atoms. The van der Waals surface area contributed by atoms with Gasteiger partial charge in [0.15, 0.2) is 0 Å². The minimum atomic E-state index is 0.172. The normalized spacial score (nSPS) is 18.1. The molecule has 4 nitrogen and oxygen atoms in total. The Morgan fingerprint density at radius 1 is 1.33 bits per heavy atom. The number of hydrogen-bond donors (Lipinski definition) is 1. The van der Waals surface area contributed by atoms with Crippen molar-refractivity contribution in [2.24, 2.45) is 5.73 Å². The van der Waals surface area contributed by atoms with Gasteiger partial charge in [0, 0.05) is 31.5 Å². The topological polar surface area (TPSA) is 55.0 Å². The van der Waals surface area contributed by atoms with E-state index in [1.807, 2.05) is 19.3 Å². The Bertz CT molecular complexity index is 301. The van der Waals surface area contributed by atoms with E-state index in [4.69, 9.17) is 5.73 Å². The second kappa shape index (κ2) is 4.57. The molecule has 1 saturated heterocycles. The summed E-state index contributed by atoms with van der Waals surface area (Å²) < 4.78 is 0. The highest BCUT2D eigenvalue weighted by Crippen LogP contribution is 2.14. The first-order valence-corrected chi connectivity index (χ1v) is 5.57. The fourth-order valence-corrected chi connectivity index (χ4v) is 1.91. The van der Waals surface area contributed by atoms with Crippen molar-refractivity contribution in [2.75, 3.05) is 18.0 Å². The van der Waals surface area contributed by atoms with Gasteiger partial charge in [-0.25, -0.2) is 9.97 Å². The zero-order valence-corrected chi connectivity index (χ0v) is 9.19. The minimum absolute atomic E-state index is 0.172. The smallest absolute Gasteiger partial charge is 0.225 e. The molecule has 4 heteroatoms. The molecule has 1 aliphatic heterocycles. The summed E-state index contributed by atoms with van der Waals surface area (Å²) in [5, 5.41) is 0. The molecular formula is C11H18N4. The van der Waals surface area contributed by atoms with Crippen LogP contribution in [0.1, 0.15) is 25.3 Å². The Labute approximate surface area is 90.5 Å². The first-order valence-electron chi connectivity index (χ1n) is 5.57. The fraction of sp³-hybridized carbons (Fsp3) is 0.636. The van der Waals surface area contributed by atoms with Crippen molar-refractivity contribution >= 4 is 5.95 Å². The molecule has 0 saturated carbocycles. The van der Waals surface area contributed by atoms with Gasteiger partial charge in [0.2, 0.25) is 5.95 Å². The van der Waals surface area contributed by atoms with Crippen molar-refractivity contribution in [3.8, 4) is 0 Å². The van der Waals surface area contributed by atoms with Gasteiger partial charge in [-0.2, -0.15) is 0 Å². The average molecular weight is 206 g/mol. The monoisotopic (exact) mass is 206 g/mol. The second-order valence-electron chi connectivity index (χ2n) is 4.27. The number of anilines is 1. The molecule has 1 atom stereocenters. The molecule has 1 aromatic heterocycles. The highest BCUT2D eigenvalue weighted by Gasteiger charge is 2.14. The third-order valence-electron chi connectivity index (χ3n) is 2.64. The van der Waals surface area contributed by atoms with Crippen molar-refractivity contribution in [1.29, 1.82) is 0 Å². The maximum atomic E-state index is 5.72. The summed E-state index contributed by atoms with van der Waals surface area (Å²) in [6, 6.07) is 0.172. The first-order chi connectivity index (χ1) is 7.25. The quantitative estimate of drug-likeness (QED) is 0.800. The lowest BCUT2D eigenvalue weighted by Crippen LogP contribution is -2.21. The predicted molar refractivity (Wildman–Crippen MR) is 60.8 cm³/mol. The predicted octanol–water partition coefficient (Wildman–Crippen LogP) is 0.966. The summed E-state index contributed by atoms with van der Waals surface area (Å²) >= 11 is 0. The van der Waals surface area contributed by atoms with Crippen molar-refractivity contribution in [3.63, 3.8) is 0 Å². The van der Waals surface area contributed by atoms with E-state index in [2.05, 4.69) is 14.9 Å². The average Bonchev–Trinajstić information content (AvgIpc) is 2.71. The van der Waals surface area contributed by atoms with E-state index in [0.717, 1.165) is 31.0 Å². The Morgan fingerprint density at radius 2 is 1.93 bits per heavy atom. The molecule has 2 heterocycles. The van der Waals surface area contributed by atoms with E-state index in [9.17, 15) is 0 Å². The van der Waals surface area contributed by atoms with Gasteiger partial charge in [-0.3, -0.25) is 0 Å². The van der Waals surface area contributed by atoms with E-state index in [0.29, 0.717) is 0 Å². The Balaban J connectivity index is 2.03. The lowest BCUT2D eigenvalue weighted by molar-refractivity contribution is 0.730. The number of nitrogens with two attached hydrogens (primary N) is 1. The van der Waals surface area contributed by atoms with Crippen LogP contribution < -0.4 is 10.6 Å². The van der Waals surface area contributed by atoms with Gasteiger partial charge in [-0.05, 0) is 31.7 Å². The van der Waals surface area contributed by atoms with E-state index < -0.39 is 0 Å². The van der Waals surface area contributed by atoms with Gasteiger partial charge in [0.25, 0.3) is 0 Å². The van der Waals surface area contributed by atoms with Crippen LogP contribution in [0.2, 0.25) is 0 Å². The summed E-state index contributed by atoms with van der Waals surface area (Å²) in [6.45, 7) is 4.17. The van der Waals surface area contributed by atoms with Crippen LogP contribution in [-0.4, -0.2) is 29.1 Å². The maximum Gasteiger partial charge on any atom is 0.225 e. The van der Waals surface area contributed by atoms with Crippen LogP contribution in [0.3, 0.4) is 0 Å². The van der Waals surface area contributed by atoms with Gasteiger partial charge in [-0.15, -0.1) is 0 Å². The molecular weight excluding hydrogens is 188 g/mol. The van der Waals surface area contributed by atoms with Gasteiger partial charge in [0.05, 0.1) is 0 Å². The third-order valence-corrected chi connectivity index (χ3v) is 2.64. The number of rotatable bonds is 3. The van der Waals surface area contributed by atoms with Gasteiger partial charge >= 0.3 is 0 Å². The minimum Gasteiger partial charge on any atom is -0.341 e. The van der Waals surface area contributed by atoms with Crippen LogP contribution in [0.4, 0.5) is 5.95 Å². The fourth-order valence-electron chi connectivity index (χ4n) is 1.91. The molecule has 1 aliphatic rings. The summed E-state index contributed by atoms with van der Waals surface area (Å²) in [5.74, 6) is 0.862. The van der Waals surface area contributed by atoms with Crippen LogP contribution in [0.5, 0.6) is 0 Å². The lowest BCUT2D eigenvalue weighted by atomic mass is 10.1. The third kappa shape index (κ3) is 2.65. The first kappa shape index (κ1) is 10.4. The van der Waals surface area contributed by atoms with Gasteiger partial charge in [-0.1, -0.05) is 0 Å². The van der Waals surface area contributed by atoms with Crippen molar-refractivity contribution < 1.29 is 0 Å². The van der Waals surface area contributed by atoms with Gasteiger partial charge < -0.3 is 10.6 Å². The molecule has 1 aromatic rings. The molecule has 1 unspecified atom stereocenters. The zero-order chi connectivity index (χ0) is 10.7. The van der Waals surface area contributed by atoms with E-state index in [1.165, 1.54) is 12.8 Å². The SMILES string of the molecule is CC(N)Cc1cnc(N2CCCC2)nc1. The number of hydrogen-bond acceptors (Lipinski definition) is 4.